The summed E-state index contributed by atoms with van der Waals surface area (Å²) in [5.41, 5.74) is 2.34. The van der Waals surface area contributed by atoms with Crippen molar-refractivity contribution in [2.24, 2.45) is 5.92 Å². The van der Waals surface area contributed by atoms with Crippen molar-refractivity contribution in [3.8, 4) is 0 Å². The van der Waals surface area contributed by atoms with Gasteiger partial charge in [-0.05, 0) is 51.6 Å². The van der Waals surface area contributed by atoms with Crippen molar-refractivity contribution in [1.29, 1.82) is 0 Å². The van der Waals surface area contributed by atoms with Crippen molar-refractivity contribution in [2.45, 2.75) is 39.2 Å². The maximum absolute atomic E-state index is 4.60. The number of aromatic nitrogens is 3. The fourth-order valence-electron chi connectivity index (χ4n) is 3.28. The fraction of sp³-hybridized carbons (Fsp3) is 0.611. The lowest BCUT2D eigenvalue weighted by Crippen LogP contribution is -2.24. The first-order valence-corrected chi connectivity index (χ1v) is 9.59. The molecule has 2 aromatic heterocycles. The molecular weight excluding hydrogens is 318 g/mol. The molecule has 0 radical (unpaired) electrons. The Morgan fingerprint density at radius 1 is 1.17 bits per heavy atom. The first-order chi connectivity index (χ1) is 11.6. The lowest BCUT2D eigenvalue weighted by atomic mass is 9.95. The molecule has 3 heterocycles. The van der Waals surface area contributed by atoms with E-state index < -0.39 is 0 Å². The predicted molar refractivity (Wildman–Crippen MR) is 99.5 cm³/mol. The number of likely N-dealkylation sites (tertiary alicyclic amines) is 1. The molecule has 1 atom stereocenters. The van der Waals surface area contributed by atoms with Gasteiger partial charge in [0.2, 0.25) is 0 Å². The highest BCUT2D eigenvalue weighted by atomic mass is 32.1. The van der Waals surface area contributed by atoms with Crippen molar-refractivity contribution in [3.63, 3.8) is 0 Å². The van der Waals surface area contributed by atoms with Gasteiger partial charge in [-0.1, -0.05) is 0 Å². The SMILES string of the molecule is Cc1nc(CN2CCC[C@@H](Cc3cnc(N(C)C)cn3)CC2)cs1. The summed E-state index contributed by atoms with van der Waals surface area (Å²) in [7, 11) is 3.99. The number of thiazole rings is 1. The molecule has 0 spiro atoms. The highest BCUT2D eigenvalue weighted by Crippen LogP contribution is 2.22. The summed E-state index contributed by atoms with van der Waals surface area (Å²) in [4.78, 5) is 18.2. The highest BCUT2D eigenvalue weighted by Gasteiger charge is 2.18. The molecular formula is C18H27N5S. The van der Waals surface area contributed by atoms with Crippen LogP contribution in [-0.2, 0) is 13.0 Å². The normalized spacial score (nSPS) is 19.2. The second kappa shape index (κ2) is 8.03. The van der Waals surface area contributed by atoms with Gasteiger partial charge in [-0.3, -0.25) is 9.88 Å². The minimum Gasteiger partial charge on any atom is -0.361 e. The van der Waals surface area contributed by atoms with Crippen LogP contribution in [0.25, 0.3) is 0 Å². The molecule has 2 aromatic rings. The summed E-state index contributed by atoms with van der Waals surface area (Å²) in [5.74, 6) is 1.64. The Balaban J connectivity index is 1.51. The third-order valence-electron chi connectivity index (χ3n) is 4.64. The monoisotopic (exact) mass is 345 g/mol. The van der Waals surface area contributed by atoms with Crippen LogP contribution in [0.3, 0.4) is 0 Å². The van der Waals surface area contributed by atoms with Crippen molar-refractivity contribution in [3.05, 3.63) is 34.2 Å². The van der Waals surface area contributed by atoms with Crippen molar-refractivity contribution in [1.82, 2.24) is 19.9 Å². The van der Waals surface area contributed by atoms with Gasteiger partial charge in [-0.15, -0.1) is 11.3 Å². The number of nitrogens with zero attached hydrogens (tertiary/aromatic N) is 5. The maximum atomic E-state index is 4.60. The summed E-state index contributed by atoms with van der Waals surface area (Å²) >= 11 is 1.75. The van der Waals surface area contributed by atoms with Crippen LogP contribution in [0.5, 0.6) is 0 Å². The summed E-state index contributed by atoms with van der Waals surface area (Å²) in [5, 5.41) is 3.36. The molecule has 5 nitrogen and oxygen atoms in total. The second-order valence-corrected chi connectivity index (χ2v) is 7.96. The lowest BCUT2D eigenvalue weighted by molar-refractivity contribution is 0.269. The molecule has 0 saturated carbocycles. The summed E-state index contributed by atoms with van der Waals surface area (Å²) in [6, 6.07) is 0. The number of anilines is 1. The molecule has 24 heavy (non-hydrogen) atoms. The van der Waals surface area contributed by atoms with Crippen molar-refractivity contribution >= 4 is 17.2 Å². The van der Waals surface area contributed by atoms with E-state index in [1.807, 2.05) is 31.4 Å². The molecule has 1 aliphatic rings. The Hall–Kier alpha value is -1.53. The van der Waals surface area contributed by atoms with Gasteiger partial charge in [-0.2, -0.15) is 0 Å². The molecule has 6 heteroatoms. The smallest absolute Gasteiger partial charge is 0.146 e. The van der Waals surface area contributed by atoms with Crippen LogP contribution in [0.2, 0.25) is 0 Å². The van der Waals surface area contributed by atoms with E-state index in [9.17, 15) is 0 Å². The van der Waals surface area contributed by atoms with E-state index in [0.29, 0.717) is 5.92 Å². The van der Waals surface area contributed by atoms with Crippen LogP contribution in [-0.4, -0.2) is 47.0 Å². The molecule has 0 N–H and O–H groups in total. The van der Waals surface area contributed by atoms with Gasteiger partial charge in [0.05, 0.1) is 28.8 Å². The van der Waals surface area contributed by atoms with Crippen LogP contribution >= 0.6 is 11.3 Å². The predicted octanol–water partition coefficient (Wildman–Crippen LogP) is 3.15. The molecule has 1 fully saturated rings. The van der Waals surface area contributed by atoms with Gasteiger partial charge in [0.15, 0.2) is 0 Å². The zero-order valence-corrected chi connectivity index (χ0v) is 15.7. The number of hydrogen-bond acceptors (Lipinski definition) is 6. The molecule has 130 valence electrons. The van der Waals surface area contributed by atoms with E-state index in [-0.39, 0.29) is 0 Å². The van der Waals surface area contributed by atoms with Gasteiger partial charge >= 0.3 is 0 Å². The van der Waals surface area contributed by atoms with Crippen LogP contribution in [0.4, 0.5) is 5.82 Å². The van der Waals surface area contributed by atoms with Crippen LogP contribution in [0.1, 0.15) is 35.7 Å². The summed E-state index contributed by atoms with van der Waals surface area (Å²) in [6.45, 7) is 5.41. The third kappa shape index (κ3) is 4.74. The maximum Gasteiger partial charge on any atom is 0.146 e. The molecule has 0 bridgehead atoms. The molecule has 0 aliphatic carbocycles. The quantitative estimate of drug-likeness (QED) is 0.833. The Morgan fingerprint density at radius 2 is 2.04 bits per heavy atom. The van der Waals surface area contributed by atoms with E-state index in [0.717, 1.165) is 36.0 Å². The minimum absolute atomic E-state index is 0.715. The van der Waals surface area contributed by atoms with Crippen molar-refractivity contribution < 1.29 is 0 Å². The minimum atomic E-state index is 0.715. The summed E-state index contributed by atoms with van der Waals surface area (Å²) < 4.78 is 0. The number of hydrogen-bond donors (Lipinski definition) is 0. The molecule has 0 unspecified atom stereocenters. The second-order valence-electron chi connectivity index (χ2n) is 6.90. The Kier molecular flexibility index (Phi) is 5.79. The molecule has 1 aliphatic heterocycles. The zero-order chi connectivity index (χ0) is 16.9. The van der Waals surface area contributed by atoms with Gasteiger partial charge in [0.25, 0.3) is 0 Å². The van der Waals surface area contributed by atoms with Gasteiger partial charge in [0.1, 0.15) is 5.82 Å². The van der Waals surface area contributed by atoms with E-state index in [2.05, 4.69) is 32.2 Å². The van der Waals surface area contributed by atoms with E-state index >= 15 is 0 Å². The molecule has 0 amide bonds. The Bertz CT molecular complexity index is 637. The Morgan fingerprint density at radius 3 is 2.71 bits per heavy atom. The zero-order valence-electron chi connectivity index (χ0n) is 14.9. The van der Waals surface area contributed by atoms with Crippen LogP contribution < -0.4 is 4.90 Å². The van der Waals surface area contributed by atoms with Gasteiger partial charge in [-0.25, -0.2) is 9.97 Å². The number of aryl methyl sites for hydroxylation is 1. The van der Waals surface area contributed by atoms with Crippen LogP contribution in [0, 0.1) is 12.8 Å². The molecule has 3 rings (SSSR count). The topological polar surface area (TPSA) is 45.2 Å². The standard InChI is InChI=1S/C18H27N5S/c1-14-21-17(13-24-14)12-23-7-4-5-15(6-8-23)9-16-10-20-18(11-19-16)22(2)3/h10-11,13,15H,4-9,12H2,1-3H3/t15-/m1/s1. The van der Waals surface area contributed by atoms with E-state index in [4.69, 9.17) is 0 Å². The average Bonchev–Trinajstić information content (AvgIpc) is 2.84. The average molecular weight is 346 g/mol. The van der Waals surface area contributed by atoms with E-state index in [1.165, 1.54) is 31.5 Å². The first kappa shape index (κ1) is 17.3. The summed E-state index contributed by atoms with van der Waals surface area (Å²) in [6.07, 6.45) is 8.64. The van der Waals surface area contributed by atoms with Crippen LogP contribution in [0.15, 0.2) is 17.8 Å². The highest BCUT2D eigenvalue weighted by molar-refractivity contribution is 7.09. The fourth-order valence-corrected chi connectivity index (χ4v) is 3.88. The first-order valence-electron chi connectivity index (χ1n) is 8.72. The Labute approximate surface area is 148 Å². The molecule has 1 saturated heterocycles. The van der Waals surface area contributed by atoms with Gasteiger partial charge in [0, 0.05) is 26.0 Å². The lowest BCUT2D eigenvalue weighted by Gasteiger charge is -2.19. The van der Waals surface area contributed by atoms with E-state index in [1.54, 1.807) is 11.3 Å². The largest absolute Gasteiger partial charge is 0.361 e. The van der Waals surface area contributed by atoms with Gasteiger partial charge < -0.3 is 4.90 Å². The molecule has 0 aromatic carbocycles. The van der Waals surface area contributed by atoms with Crippen molar-refractivity contribution in [2.75, 3.05) is 32.1 Å². The number of rotatable bonds is 5. The third-order valence-corrected chi connectivity index (χ3v) is 5.46.